The van der Waals surface area contributed by atoms with Gasteiger partial charge in [0.25, 0.3) is 0 Å². The zero-order valence-corrected chi connectivity index (χ0v) is 10.8. The van der Waals surface area contributed by atoms with Crippen LogP contribution in [0, 0.1) is 0 Å². The summed E-state index contributed by atoms with van der Waals surface area (Å²) < 4.78 is 6.90. The first-order chi connectivity index (χ1) is 6.70. The molecule has 2 rings (SSSR count). The van der Waals surface area contributed by atoms with Gasteiger partial charge < -0.3 is 9.52 Å². The smallest absolute Gasteiger partial charge is 0.184 e. The fraction of sp³-hybridized carbons (Fsp3) is 0.125. The predicted molar refractivity (Wildman–Crippen MR) is 61.1 cm³/mol. The van der Waals surface area contributed by atoms with E-state index in [1.165, 1.54) is 11.3 Å². The van der Waals surface area contributed by atoms with E-state index >= 15 is 0 Å². The Bertz CT molecular complexity index is 432. The van der Waals surface area contributed by atoms with Gasteiger partial charge in [-0.05, 0) is 31.9 Å². The first kappa shape index (κ1) is 10.4. The summed E-state index contributed by atoms with van der Waals surface area (Å²) in [6.07, 6.45) is 1.64. The van der Waals surface area contributed by atoms with Gasteiger partial charge in [0, 0.05) is 12.3 Å². The highest BCUT2D eigenvalue weighted by Gasteiger charge is 2.11. The maximum Gasteiger partial charge on any atom is 0.184 e. The number of thiazole rings is 1. The van der Waals surface area contributed by atoms with Crippen molar-refractivity contribution in [2.45, 2.75) is 6.61 Å². The van der Waals surface area contributed by atoms with Crippen LogP contribution in [0.25, 0.3) is 10.8 Å². The van der Waals surface area contributed by atoms with Crippen LogP contribution in [0.1, 0.15) is 4.88 Å². The lowest BCUT2D eigenvalue weighted by atomic mass is 10.5. The number of hydrogen-bond donors (Lipinski definition) is 1. The van der Waals surface area contributed by atoms with Gasteiger partial charge in [-0.3, -0.25) is 0 Å². The highest BCUT2D eigenvalue weighted by molar-refractivity contribution is 9.13. The number of furan rings is 1. The molecule has 0 unspecified atom stereocenters. The molecule has 0 aliphatic heterocycles. The molecule has 14 heavy (non-hydrogen) atoms. The van der Waals surface area contributed by atoms with Crippen LogP contribution in [0.3, 0.4) is 0 Å². The van der Waals surface area contributed by atoms with E-state index in [0.29, 0.717) is 10.4 Å². The second-order valence-electron chi connectivity index (χ2n) is 2.52. The average molecular weight is 339 g/mol. The SMILES string of the molecule is OCc1cnc(-c2cc(Br)c(Br)o2)s1. The van der Waals surface area contributed by atoms with Crippen molar-refractivity contribution in [2.24, 2.45) is 0 Å². The zero-order valence-electron chi connectivity index (χ0n) is 6.83. The van der Waals surface area contributed by atoms with Crippen molar-refractivity contribution >= 4 is 43.2 Å². The summed E-state index contributed by atoms with van der Waals surface area (Å²) in [5.74, 6) is 0.688. The minimum atomic E-state index is 0.0146. The number of halogens is 2. The third-order valence-corrected chi connectivity index (χ3v) is 4.27. The van der Waals surface area contributed by atoms with Crippen molar-refractivity contribution in [2.75, 3.05) is 0 Å². The van der Waals surface area contributed by atoms with Crippen LogP contribution >= 0.6 is 43.2 Å². The standard InChI is InChI=1S/C8H5Br2NO2S/c9-5-1-6(13-7(5)10)8-11-2-4(3-12)14-8/h1-2,12H,3H2. The molecule has 2 heterocycles. The number of aromatic nitrogens is 1. The molecule has 3 nitrogen and oxygen atoms in total. The minimum Gasteiger partial charge on any atom is -0.446 e. The summed E-state index contributed by atoms with van der Waals surface area (Å²) in [5, 5.41) is 9.64. The molecule has 0 aliphatic carbocycles. The highest BCUT2D eigenvalue weighted by Crippen LogP contribution is 2.34. The number of aliphatic hydroxyl groups excluding tert-OH is 1. The Balaban J connectivity index is 2.39. The highest BCUT2D eigenvalue weighted by atomic mass is 79.9. The van der Waals surface area contributed by atoms with Crippen LogP contribution in [0.4, 0.5) is 0 Å². The minimum absolute atomic E-state index is 0.0146. The molecule has 0 spiro atoms. The normalized spacial score (nSPS) is 10.8. The van der Waals surface area contributed by atoms with Crippen LogP contribution in [0.15, 0.2) is 25.8 Å². The van der Waals surface area contributed by atoms with Crippen molar-refractivity contribution in [3.05, 3.63) is 26.3 Å². The third-order valence-electron chi connectivity index (χ3n) is 1.57. The summed E-state index contributed by atoms with van der Waals surface area (Å²) >= 11 is 7.99. The van der Waals surface area contributed by atoms with Crippen LogP contribution in [-0.4, -0.2) is 10.1 Å². The Morgan fingerprint density at radius 2 is 2.29 bits per heavy atom. The maximum absolute atomic E-state index is 8.88. The van der Waals surface area contributed by atoms with Gasteiger partial charge in [-0.2, -0.15) is 0 Å². The van der Waals surface area contributed by atoms with E-state index in [-0.39, 0.29) is 6.61 Å². The number of aliphatic hydroxyl groups is 1. The summed E-state index contributed by atoms with van der Waals surface area (Å²) in [4.78, 5) is 4.96. The molecule has 0 radical (unpaired) electrons. The van der Waals surface area contributed by atoms with Crippen molar-refractivity contribution in [1.82, 2.24) is 4.98 Å². The molecule has 0 saturated heterocycles. The van der Waals surface area contributed by atoms with Gasteiger partial charge >= 0.3 is 0 Å². The van der Waals surface area contributed by atoms with Crippen LogP contribution in [-0.2, 0) is 6.61 Å². The summed E-state index contributed by atoms with van der Waals surface area (Å²) in [6, 6.07) is 1.84. The van der Waals surface area contributed by atoms with Crippen LogP contribution in [0.2, 0.25) is 0 Å². The van der Waals surface area contributed by atoms with Crippen LogP contribution < -0.4 is 0 Å². The molecule has 2 aromatic rings. The van der Waals surface area contributed by atoms with Crippen molar-refractivity contribution in [1.29, 1.82) is 0 Å². The van der Waals surface area contributed by atoms with E-state index in [1.54, 1.807) is 6.20 Å². The monoisotopic (exact) mass is 337 g/mol. The molecular formula is C8H5Br2NO2S. The zero-order chi connectivity index (χ0) is 10.1. The predicted octanol–water partition coefficient (Wildman–Crippen LogP) is 3.42. The lowest BCUT2D eigenvalue weighted by molar-refractivity contribution is 0.285. The second-order valence-corrected chi connectivity index (χ2v) is 5.21. The van der Waals surface area contributed by atoms with Gasteiger partial charge in [-0.25, -0.2) is 4.98 Å². The lowest BCUT2D eigenvalue weighted by Gasteiger charge is -1.86. The fourth-order valence-electron chi connectivity index (χ4n) is 0.946. The maximum atomic E-state index is 8.88. The van der Waals surface area contributed by atoms with Gasteiger partial charge in [0.05, 0.1) is 16.0 Å². The third kappa shape index (κ3) is 1.93. The van der Waals surface area contributed by atoms with Gasteiger partial charge in [-0.15, -0.1) is 11.3 Å². The Labute approximate surface area is 101 Å². The Hall–Kier alpha value is -0.170. The first-order valence-electron chi connectivity index (χ1n) is 3.71. The molecule has 0 bridgehead atoms. The van der Waals surface area contributed by atoms with E-state index in [1.807, 2.05) is 6.07 Å². The summed E-state index contributed by atoms with van der Waals surface area (Å²) in [7, 11) is 0. The van der Waals surface area contributed by atoms with E-state index in [4.69, 9.17) is 9.52 Å². The number of nitrogens with zero attached hydrogens (tertiary/aromatic N) is 1. The number of hydrogen-bond acceptors (Lipinski definition) is 4. The Morgan fingerprint density at radius 3 is 2.79 bits per heavy atom. The molecular weight excluding hydrogens is 334 g/mol. The molecule has 0 amide bonds. The van der Waals surface area contributed by atoms with Gasteiger partial charge in [0.2, 0.25) is 0 Å². The molecule has 0 fully saturated rings. The second kappa shape index (κ2) is 4.14. The van der Waals surface area contributed by atoms with Crippen LogP contribution in [0.5, 0.6) is 0 Å². The fourth-order valence-corrected chi connectivity index (χ4v) is 2.25. The molecule has 74 valence electrons. The summed E-state index contributed by atoms with van der Waals surface area (Å²) in [5.41, 5.74) is 0. The topological polar surface area (TPSA) is 46.3 Å². The van der Waals surface area contributed by atoms with E-state index < -0.39 is 0 Å². The van der Waals surface area contributed by atoms with Crippen molar-refractivity contribution in [3.63, 3.8) is 0 Å². The molecule has 1 N–H and O–H groups in total. The van der Waals surface area contributed by atoms with Crippen molar-refractivity contribution < 1.29 is 9.52 Å². The number of rotatable bonds is 2. The quantitative estimate of drug-likeness (QED) is 0.912. The first-order valence-corrected chi connectivity index (χ1v) is 6.11. The van der Waals surface area contributed by atoms with Gasteiger partial charge in [-0.1, -0.05) is 0 Å². The average Bonchev–Trinajstić information content (AvgIpc) is 2.74. The van der Waals surface area contributed by atoms with E-state index in [0.717, 1.165) is 14.4 Å². The van der Waals surface area contributed by atoms with E-state index in [9.17, 15) is 0 Å². The summed E-state index contributed by atoms with van der Waals surface area (Å²) in [6.45, 7) is 0.0146. The Kier molecular flexibility index (Phi) is 3.06. The molecule has 0 atom stereocenters. The Morgan fingerprint density at radius 1 is 1.50 bits per heavy atom. The van der Waals surface area contributed by atoms with Crippen molar-refractivity contribution in [3.8, 4) is 10.8 Å². The lowest BCUT2D eigenvalue weighted by Crippen LogP contribution is -1.70. The molecule has 0 aliphatic rings. The molecule has 0 aromatic carbocycles. The van der Waals surface area contributed by atoms with E-state index in [2.05, 4.69) is 36.8 Å². The van der Waals surface area contributed by atoms with Gasteiger partial charge in [0.1, 0.15) is 0 Å². The molecule has 0 saturated carbocycles. The largest absolute Gasteiger partial charge is 0.446 e. The molecule has 6 heteroatoms. The van der Waals surface area contributed by atoms with Gasteiger partial charge in [0.15, 0.2) is 15.4 Å². The molecule has 2 aromatic heterocycles.